The summed E-state index contributed by atoms with van der Waals surface area (Å²) in [5.41, 5.74) is 6.61. The SMILES string of the molecule is CCc1ccc2c(c1)CC(CC(C)(C)c1ccc(-c3ccncc3)cc1)O2. The highest BCUT2D eigenvalue weighted by Crippen LogP contribution is 2.37. The number of rotatable bonds is 5. The molecule has 0 N–H and O–H groups in total. The standard InChI is InChI=1S/C25H27NO/c1-4-18-5-10-24-21(15-18)16-23(27-24)17-25(2,3)22-8-6-19(7-9-22)20-11-13-26-14-12-20/h5-15,23H,4,16-17H2,1-3H3. The zero-order chi connectivity index (χ0) is 18.9. The van der Waals surface area contributed by atoms with Gasteiger partial charge in [0.1, 0.15) is 11.9 Å². The third kappa shape index (κ3) is 3.75. The van der Waals surface area contributed by atoms with Gasteiger partial charge in [0, 0.05) is 18.8 Å². The number of aryl methyl sites for hydroxylation is 1. The van der Waals surface area contributed by atoms with E-state index in [1.54, 1.807) is 0 Å². The van der Waals surface area contributed by atoms with E-state index < -0.39 is 0 Å². The van der Waals surface area contributed by atoms with Crippen molar-refractivity contribution in [2.75, 3.05) is 0 Å². The second-order valence-electron chi connectivity index (χ2n) is 8.14. The van der Waals surface area contributed by atoms with Crippen LogP contribution in [0.25, 0.3) is 11.1 Å². The smallest absolute Gasteiger partial charge is 0.123 e. The van der Waals surface area contributed by atoms with Gasteiger partial charge in [0.15, 0.2) is 0 Å². The van der Waals surface area contributed by atoms with E-state index in [4.69, 9.17) is 4.74 Å². The summed E-state index contributed by atoms with van der Waals surface area (Å²) in [5.74, 6) is 1.07. The van der Waals surface area contributed by atoms with Crippen molar-refractivity contribution < 1.29 is 4.74 Å². The van der Waals surface area contributed by atoms with Crippen molar-refractivity contribution in [2.45, 2.75) is 51.6 Å². The lowest BCUT2D eigenvalue weighted by Crippen LogP contribution is -2.27. The molecule has 1 atom stereocenters. The Hall–Kier alpha value is -2.61. The van der Waals surface area contributed by atoms with E-state index in [1.165, 1.54) is 27.8 Å². The van der Waals surface area contributed by atoms with Gasteiger partial charge in [-0.15, -0.1) is 0 Å². The summed E-state index contributed by atoms with van der Waals surface area (Å²) in [7, 11) is 0. The average molecular weight is 357 g/mol. The number of pyridine rings is 1. The highest BCUT2D eigenvalue weighted by molar-refractivity contribution is 5.63. The monoisotopic (exact) mass is 357 g/mol. The maximum Gasteiger partial charge on any atom is 0.123 e. The van der Waals surface area contributed by atoms with Crippen molar-refractivity contribution >= 4 is 0 Å². The molecule has 2 heteroatoms. The number of hydrogen-bond donors (Lipinski definition) is 0. The molecule has 4 rings (SSSR count). The van der Waals surface area contributed by atoms with Crippen molar-refractivity contribution in [3.8, 4) is 16.9 Å². The highest BCUT2D eigenvalue weighted by atomic mass is 16.5. The molecule has 0 radical (unpaired) electrons. The van der Waals surface area contributed by atoms with E-state index in [9.17, 15) is 0 Å². The summed E-state index contributed by atoms with van der Waals surface area (Å²) < 4.78 is 6.25. The molecule has 0 spiro atoms. The van der Waals surface area contributed by atoms with Gasteiger partial charge in [-0.25, -0.2) is 0 Å². The molecule has 0 bridgehead atoms. The van der Waals surface area contributed by atoms with E-state index in [1.807, 2.05) is 24.5 Å². The van der Waals surface area contributed by atoms with E-state index >= 15 is 0 Å². The van der Waals surface area contributed by atoms with Gasteiger partial charge >= 0.3 is 0 Å². The minimum atomic E-state index is 0.0665. The van der Waals surface area contributed by atoms with E-state index in [2.05, 4.69) is 68.2 Å². The minimum Gasteiger partial charge on any atom is -0.490 e. The third-order valence-corrected chi connectivity index (χ3v) is 5.69. The van der Waals surface area contributed by atoms with Gasteiger partial charge in [0.25, 0.3) is 0 Å². The van der Waals surface area contributed by atoms with Crippen LogP contribution in [0.4, 0.5) is 0 Å². The van der Waals surface area contributed by atoms with Gasteiger partial charge in [-0.3, -0.25) is 4.98 Å². The fourth-order valence-electron chi connectivity index (χ4n) is 4.05. The number of hydrogen-bond acceptors (Lipinski definition) is 2. The largest absolute Gasteiger partial charge is 0.490 e. The van der Waals surface area contributed by atoms with Crippen LogP contribution in [0.5, 0.6) is 5.75 Å². The van der Waals surface area contributed by atoms with Crippen LogP contribution in [0.2, 0.25) is 0 Å². The predicted molar refractivity (Wildman–Crippen MR) is 111 cm³/mol. The number of fused-ring (bicyclic) bond motifs is 1. The minimum absolute atomic E-state index is 0.0665. The molecule has 3 aromatic rings. The molecular formula is C25H27NO. The average Bonchev–Trinajstić information content (AvgIpc) is 3.09. The summed E-state index contributed by atoms with van der Waals surface area (Å²) >= 11 is 0. The van der Waals surface area contributed by atoms with E-state index in [0.717, 1.165) is 25.0 Å². The maximum atomic E-state index is 6.25. The van der Waals surface area contributed by atoms with Crippen molar-refractivity contribution in [1.29, 1.82) is 0 Å². The lowest BCUT2D eigenvalue weighted by molar-refractivity contribution is 0.189. The van der Waals surface area contributed by atoms with Crippen LogP contribution in [0.15, 0.2) is 67.0 Å². The van der Waals surface area contributed by atoms with Crippen LogP contribution in [0, 0.1) is 0 Å². The fraction of sp³-hybridized carbons (Fsp3) is 0.320. The first kappa shape index (κ1) is 17.8. The molecule has 1 unspecified atom stereocenters. The predicted octanol–water partition coefficient (Wildman–Crippen LogP) is 5.98. The van der Waals surface area contributed by atoms with Gasteiger partial charge in [0.05, 0.1) is 0 Å². The number of aromatic nitrogens is 1. The third-order valence-electron chi connectivity index (χ3n) is 5.69. The van der Waals surface area contributed by atoms with Crippen LogP contribution in [-0.4, -0.2) is 11.1 Å². The van der Waals surface area contributed by atoms with Crippen LogP contribution < -0.4 is 4.74 Å². The number of benzene rings is 2. The van der Waals surface area contributed by atoms with Crippen LogP contribution in [-0.2, 0) is 18.3 Å². The summed E-state index contributed by atoms with van der Waals surface area (Å²) in [5, 5.41) is 0. The molecular weight excluding hydrogens is 330 g/mol. The first-order valence-corrected chi connectivity index (χ1v) is 9.84. The molecule has 1 aromatic heterocycles. The Morgan fingerprint density at radius 3 is 2.37 bits per heavy atom. The Labute approximate surface area is 162 Å². The Balaban J connectivity index is 1.47. The van der Waals surface area contributed by atoms with Gasteiger partial charge in [-0.1, -0.05) is 57.2 Å². The summed E-state index contributed by atoms with van der Waals surface area (Å²) in [6, 6.07) is 19.7. The number of nitrogens with zero attached hydrogens (tertiary/aromatic N) is 1. The molecule has 0 amide bonds. The normalized spacial score (nSPS) is 16.0. The van der Waals surface area contributed by atoms with E-state index in [0.29, 0.717) is 0 Å². The first-order chi connectivity index (χ1) is 13.0. The fourth-order valence-corrected chi connectivity index (χ4v) is 4.05. The van der Waals surface area contributed by atoms with Crippen LogP contribution >= 0.6 is 0 Å². The van der Waals surface area contributed by atoms with Gasteiger partial charge in [-0.2, -0.15) is 0 Å². The lowest BCUT2D eigenvalue weighted by Gasteiger charge is -2.28. The Bertz CT molecular complexity index is 913. The Morgan fingerprint density at radius 2 is 1.67 bits per heavy atom. The zero-order valence-electron chi connectivity index (χ0n) is 16.4. The number of ether oxygens (including phenoxy) is 1. The maximum absolute atomic E-state index is 6.25. The quantitative estimate of drug-likeness (QED) is 0.560. The van der Waals surface area contributed by atoms with Crippen LogP contribution in [0.1, 0.15) is 43.9 Å². The summed E-state index contributed by atoms with van der Waals surface area (Å²) in [6.07, 6.45) is 7.03. The lowest BCUT2D eigenvalue weighted by atomic mass is 9.78. The topological polar surface area (TPSA) is 22.1 Å². The molecule has 0 saturated heterocycles. The molecule has 27 heavy (non-hydrogen) atoms. The molecule has 1 aliphatic rings. The van der Waals surface area contributed by atoms with Crippen molar-refractivity contribution in [3.05, 3.63) is 83.7 Å². The zero-order valence-corrected chi connectivity index (χ0v) is 16.4. The molecule has 1 aliphatic heterocycles. The van der Waals surface area contributed by atoms with Gasteiger partial charge in [0.2, 0.25) is 0 Å². The van der Waals surface area contributed by atoms with Crippen molar-refractivity contribution in [1.82, 2.24) is 4.98 Å². The molecule has 0 saturated carbocycles. The first-order valence-electron chi connectivity index (χ1n) is 9.84. The van der Waals surface area contributed by atoms with Gasteiger partial charge in [-0.05, 0) is 64.3 Å². The second kappa shape index (κ2) is 7.19. The summed E-state index contributed by atoms with van der Waals surface area (Å²) in [4.78, 5) is 4.10. The molecule has 2 nitrogen and oxygen atoms in total. The Morgan fingerprint density at radius 1 is 0.963 bits per heavy atom. The molecule has 2 heterocycles. The van der Waals surface area contributed by atoms with Crippen molar-refractivity contribution in [2.24, 2.45) is 0 Å². The van der Waals surface area contributed by atoms with Gasteiger partial charge < -0.3 is 4.74 Å². The molecule has 2 aromatic carbocycles. The molecule has 138 valence electrons. The van der Waals surface area contributed by atoms with Crippen LogP contribution in [0.3, 0.4) is 0 Å². The Kier molecular flexibility index (Phi) is 4.73. The second-order valence-corrected chi connectivity index (χ2v) is 8.14. The molecule has 0 fully saturated rings. The summed E-state index contributed by atoms with van der Waals surface area (Å²) in [6.45, 7) is 6.84. The molecule has 0 aliphatic carbocycles. The highest BCUT2D eigenvalue weighted by Gasteiger charge is 2.31. The van der Waals surface area contributed by atoms with Crippen molar-refractivity contribution in [3.63, 3.8) is 0 Å². The van der Waals surface area contributed by atoms with E-state index in [-0.39, 0.29) is 11.5 Å².